The van der Waals surface area contributed by atoms with Gasteiger partial charge in [-0.25, -0.2) is 13.1 Å². The molecule has 0 aliphatic carbocycles. The van der Waals surface area contributed by atoms with E-state index in [-0.39, 0.29) is 4.90 Å². The Hall–Kier alpha value is -3.26. The minimum absolute atomic E-state index is 0.159. The molecule has 148 valence electrons. The van der Waals surface area contributed by atoms with E-state index in [2.05, 4.69) is 26.9 Å². The highest BCUT2D eigenvalue weighted by molar-refractivity contribution is 7.92. The van der Waals surface area contributed by atoms with E-state index < -0.39 is 10.0 Å². The Morgan fingerprint density at radius 2 is 1.97 bits per heavy atom. The number of pyridine rings is 1. The SMILES string of the molecule is CCCCc1cn(-c2cccc(S(=O)(=O)Nc3cccc4cnccc34)c2)nn1. The Kier molecular flexibility index (Phi) is 5.26. The van der Waals surface area contributed by atoms with E-state index in [1.54, 1.807) is 59.5 Å². The number of sulfonamides is 1. The van der Waals surface area contributed by atoms with Crippen molar-refractivity contribution in [2.24, 2.45) is 0 Å². The molecule has 4 rings (SSSR count). The van der Waals surface area contributed by atoms with Gasteiger partial charge < -0.3 is 0 Å². The minimum atomic E-state index is -3.77. The van der Waals surface area contributed by atoms with Gasteiger partial charge in [-0.3, -0.25) is 9.71 Å². The molecule has 2 aromatic heterocycles. The Balaban J connectivity index is 1.64. The molecular weight excluding hydrogens is 386 g/mol. The second-order valence-electron chi connectivity index (χ2n) is 6.76. The van der Waals surface area contributed by atoms with Crippen molar-refractivity contribution in [3.63, 3.8) is 0 Å². The lowest BCUT2D eigenvalue weighted by atomic mass is 10.1. The maximum absolute atomic E-state index is 13.0. The van der Waals surface area contributed by atoms with E-state index in [1.165, 1.54) is 0 Å². The highest BCUT2D eigenvalue weighted by Crippen LogP contribution is 2.25. The molecule has 29 heavy (non-hydrogen) atoms. The molecule has 0 aliphatic rings. The lowest BCUT2D eigenvalue weighted by Crippen LogP contribution is -2.13. The monoisotopic (exact) mass is 407 g/mol. The molecule has 0 amide bonds. The van der Waals surface area contributed by atoms with E-state index in [4.69, 9.17) is 0 Å². The highest BCUT2D eigenvalue weighted by atomic mass is 32.2. The summed E-state index contributed by atoms with van der Waals surface area (Å²) in [6.45, 7) is 2.12. The number of benzene rings is 2. The summed E-state index contributed by atoms with van der Waals surface area (Å²) in [5.74, 6) is 0. The molecule has 0 unspecified atom stereocenters. The molecule has 0 bridgehead atoms. The van der Waals surface area contributed by atoms with Gasteiger partial charge >= 0.3 is 0 Å². The summed E-state index contributed by atoms with van der Waals surface area (Å²) in [7, 11) is -3.77. The van der Waals surface area contributed by atoms with Crippen molar-refractivity contribution in [2.75, 3.05) is 4.72 Å². The van der Waals surface area contributed by atoms with Crippen molar-refractivity contribution < 1.29 is 8.42 Å². The molecule has 7 nitrogen and oxygen atoms in total. The van der Waals surface area contributed by atoms with Gasteiger partial charge in [-0.2, -0.15) is 0 Å². The Morgan fingerprint density at radius 3 is 2.83 bits per heavy atom. The Bertz CT molecular complexity index is 1250. The molecule has 4 aromatic rings. The van der Waals surface area contributed by atoms with Gasteiger partial charge in [0.2, 0.25) is 0 Å². The Labute approximate surface area is 169 Å². The third-order valence-corrected chi connectivity index (χ3v) is 6.01. The molecule has 1 N–H and O–H groups in total. The van der Waals surface area contributed by atoms with Crippen LogP contribution in [0.5, 0.6) is 0 Å². The molecule has 0 saturated carbocycles. The molecular formula is C21H21N5O2S. The number of anilines is 1. The topological polar surface area (TPSA) is 89.8 Å². The number of nitrogens with one attached hydrogen (secondary N) is 1. The zero-order chi connectivity index (χ0) is 20.3. The quantitative estimate of drug-likeness (QED) is 0.501. The molecule has 8 heteroatoms. The maximum atomic E-state index is 13.0. The van der Waals surface area contributed by atoms with E-state index in [0.29, 0.717) is 11.4 Å². The number of aryl methyl sites for hydroxylation is 1. The second kappa shape index (κ2) is 8.00. The van der Waals surface area contributed by atoms with Crippen LogP contribution in [0.4, 0.5) is 5.69 Å². The summed E-state index contributed by atoms with van der Waals surface area (Å²) in [6, 6.07) is 13.9. The van der Waals surface area contributed by atoms with Crippen LogP contribution in [0.2, 0.25) is 0 Å². The summed E-state index contributed by atoms with van der Waals surface area (Å²) in [4.78, 5) is 4.24. The molecule has 0 fully saturated rings. The normalized spacial score (nSPS) is 11.6. The van der Waals surface area contributed by atoms with E-state index in [0.717, 1.165) is 35.7 Å². The van der Waals surface area contributed by atoms with Gasteiger partial charge in [0.15, 0.2) is 0 Å². The molecule has 0 radical (unpaired) electrons. The fourth-order valence-corrected chi connectivity index (χ4v) is 4.22. The summed E-state index contributed by atoms with van der Waals surface area (Å²) in [5.41, 5.74) is 2.05. The van der Waals surface area contributed by atoms with Crippen molar-refractivity contribution >= 4 is 26.5 Å². The number of fused-ring (bicyclic) bond motifs is 1. The fraction of sp³-hybridized carbons (Fsp3) is 0.190. The van der Waals surface area contributed by atoms with Crippen LogP contribution in [0.1, 0.15) is 25.5 Å². The first kappa shape index (κ1) is 19.1. The van der Waals surface area contributed by atoms with Crippen molar-refractivity contribution in [3.8, 4) is 5.69 Å². The second-order valence-corrected chi connectivity index (χ2v) is 8.45. The summed E-state index contributed by atoms with van der Waals surface area (Å²) in [5, 5.41) is 9.95. The number of hydrogen-bond acceptors (Lipinski definition) is 5. The van der Waals surface area contributed by atoms with Crippen LogP contribution in [0.25, 0.3) is 16.5 Å². The summed E-state index contributed by atoms with van der Waals surface area (Å²) in [6.07, 6.45) is 8.16. The lowest BCUT2D eigenvalue weighted by molar-refractivity contribution is 0.601. The molecule has 2 heterocycles. The maximum Gasteiger partial charge on any atom is 0.261 e. The van der Waals surface area contributed by atoms with Crippen LogP contribution in [-0.4, -0.2) is 28.4 Å². The average Bonchev–Trinajstić information content (AvgIpc) is 3.21. The average molecular weight is 407 g/mol. The van der Waals surface area contributed by atoms with Crippen molar-refractivity contribution in [1.29, 1.82) is 0 Å². The molecule has 0 saturated heterocycles. The standard InChI is InChI=1S/C21H21N5O2S/c1-2-3-7-17-15-26(25-23-17)18-8-5-9-19(13-18)29(27,28)24-21-10-4-6-16-14-22-12-11-20(16)21/h4-6,8-15,24H,2-3,7H2,1H3. The largest absolute Gasteiger partial charge is 0.279 e. The molecule has 0 atom stereocenters. The van der Waals surface area contributed by atoms with Gasteiger partial charge in [0, 0.05) is 23.2 Å². The Morgan fingerprint density at radius 1 is 1.10 bits per heavy atom. The van der Waals surface area contributed by atoms with Crippen LogP contribution >= 0.6 is 0 Å². The first-order valence-electron chi connectivity index (χ1n) is 9.44. The van der Waals surface area contributed by atoms with Gasteiger partial charge in [-0.1, -0.05) is 36.8 Å². The molecule has 0 spiro atoms. The third-order valence-electron chi connectivity index (χ3n) is 4.64. The zero-order valence-corrected chi connectivity index (χ0v) is 16.8. The summed E-state index contributed by atoms with van der Waals surface area (Å²) >= 11 is 0. The minimum Gasteiger partial charge on any atom is -0.279 e. The number of aromatic nitrogens is 4. The smallest absolute Gasteiger partial charge is 0.261 e. The van der Waals surface area contributed by atoms with Crippen molar-refractivity contribution in [3.05, 3.63) is 72.8 Å². The third kappa shape index (κ3) is 4.12. The fourth-order valence-electron chi connectivity index (χ4n) is 3.11. The number of nitrogens with zero attached hydrogens (tertiary/aromatic N) is 4. The van der Waals surface area contributed by atoms with Crippen LogP contribution in [0, 0.1) is 0 Å². The highest BCUT2D eigenvalue weighted by Gasteiger charge is 2.17. The van der Waals surface area contributed by atoms with Gasteiger partial charge in [0.25, 0.3) is 10.0 Å². The van der Waals surface area contributed by atoms with Crippen LogP contribution in [0.3, 0.4) is 0 Å². The van der Waals surface area contributed by atoms with Crippen molar-refractivity contribution in [1.82, 2.24) is 20.0 Å². The van der Waals surface area contributed by atoms with Gasteiger partial charge in [0.05, 0.1) is 28.2 Å². The van der Waals surface area contributed by atoms with Gasteiger partial charge in [0.1, 0.15) is 0 Å². The lowest BCUT2D eigenvalue weighted by Gasteiger charge is -2.11. The number of rotatable bonds is 7. The van der Waals surface area contributed by atoms with E-state index >= 15 is 0 Å². The predicted molar refractivity (Wildman–Crippen MR) is 113 cm³/mol. The molecule has 2 aromatic carbocycles. The van der Waals surface area contributed by atoms with Crippen LogP contribution in [-0.2, 0) is 16.4 Å². The summed E-state index contributed by atoms with van der Waals surface area (Å²) < 4.78 is 30.3. The number of unbranched alkanes of at least 4 members (excludes halogenated alkanes) is 1. The van der Waals surface area contributed by atoms with Crippen LogP contribution < -0.4 is 4.72 Å². The first-order valence-corrected chi connectivity index (χ1v) is 10.9. The number of hydrogen-bond donors (Lipinski definition) is 1. The van der Waals surface area contributed by atoms with Gasteiger partial charge in [-0.05, 0) is 43.2 Å². The van der Waals surface area contributed by atoms with E-state index in [1.807, 2.05) is 12.3 Å². The first-order chi connectivity index (χ1) is 14.1. The zero-order valence-electron chi connectivity index (χ0n) is 16.0. The predicted octanol–water partition coefficient (Wildman–Crippen LogP) is 3.96. The van der Waals surface area contributed by atoms with E-state index in [9.17, 15) is 8.42 Å². The van der Waals surface area contributed by atoms with Crippen LogP contribution in [0.15, 0.2) is 72.0 Å². The molecule has 0 aliphatic heterocycles. The van der Waals surface area contributed by atoms with Crippen molar-refractivity contribution in [2.45, 2.75) is 31.1 Å². The van der Waals surface area contributed by atoms with Gasteiger partial charge in [-0.15, -0.1) is 5.10 Å².